The predicted octanol–water partition coefficient (Wildman–Crippen LogP) is 4.86. The van der Waals surface area contributed by atoms with Gasteiger partial charge in [0.05, 0.1) is 16.5 Å². The zero-order valence-electron chi connectivity index (χ0n) is 11.3. The summed E-state index contributed by atoms with van der Waals surface area (Å²) in [6.07, 6.45) is -3.77. The molecule has 1 aliphatic rings. The van der Waals surface area contributed by atoms with E-state index in [9.17, 15) is 22.7 Å². The highest BCUT2D eigenvalue weighted by atomic mass is 79.9. The molecule has 1 N–H and O–H groups in total. The Morgan fingerprint density at radius 2 is 2.00 bits per heavy atom. The Labute approximate surface area is 129 Å². The smallest absolute Gasteiger partial charge is 0.391 e. The second-order valence-electron chi connectivity index (χ2n) is 5.65. The molecule has 118 valence electrons. The van der Waals surface area contributed by atoms with Crippen molar-refractivity contribution >= 4 is 15.9 Å². The van der Waals surface area contributed by atoms with Crippen molar-refractivity contribution in [3.8, 4) is 0 Å². The maximum Gasteiger partial charge on any atom is 0.391 e. The number of aliphatic hydroxyl groups is 1. The van der Waals surface area contributed by atoms with Gasteiger partial charge in [-0.15, -0.1) is 0 Å². The van der Waals surface area contributed by atoms with Crippen LogP contribution >= 0.6 is 15.9 Å². The Morgan fingerprint density at radius 1 is 1.29 bits per heavy atom. The van der Waals surface area contributed by atoms with Gasteiger partial charge in [0.25, 0.3) is 0 Å². The molecule has 0 bridgehead atoms. The molecule has 0 heterocycles. The second-order valence-corrected chi connectivity index (χ2v) is 6.44. The molecule has 1 aromatic rings. The Hall–Kier alpha value is -0.620. The first-order valence-electron chi connectivity index (χ1n) is 6.96. The molecule has 3 unspecified atom stereocenters. The monoisotopic (exact) mass is 368 g/mol. The van der Waals surface area contributed by atoms with Gasteiger partial charge in [0, 0.05) is 0 Å². The molecule has 1 nitrogen and oxygen atoms in total. The molecule has 0 spiro atoms. The van der Waals surface area contributed by atoms with E-state index < -0.39 is 24.0 Å². The Kier molecular flexibility index (Phi) is 5.30. The van der Waals surface area contributed by atoms with E-state index in [4.69, 9.17) is 0 Å². The van der Waals surface area contributed by atoms with E-state index in [2.05, 4.69) is 15.9 Å². The molecule has 1 aliphatic carbocycles. The van der Waals surface area contributed by atoms with Crippen LogP contribution in [-0.2, 0) is 6.42 Å². The lowest BCUT2D eigenvalue weighted by Crippen LogP contribution is -2.34. The fraction of sp³-hybridized carbons (Fsp3) is 0.600. The number of rotatable bonds is 3. The average Bonchev–Trinajstić information content (AvgIpc) is 2.43. The summed E-state index contributed by atoms with van der Waals surface area (Å²) in [6.45, 7) is 0. The zero-order chi connectivity index (χ0) is 15.6. The van der Waals surface area contributed by atoms with Gasteiger partial charge in [0.15, 0.2) is 0 Å². The van der Waals surface area contributed by atoms with E-state index in [0.717, 1.165) is 0 Å². The third kappa shape index (κ3) is 4.19. The van der Waals surface area contributed by atoms with Crippen LogP contribution in [0.25, 0.3) is 0 Å². The highest BCUT2D eigenvalue weighted by Gasteiger charge is 2.43. The first-order valence-corrected chi connectivity index (χ1v) is 7.76. The minimum atomic E-state index is -4.20. The molecule has 2 rings (SSSR count). The minimum absolute atomic E-state index is 0.0440. The first kappa shape index (κ1) is 16.7. The van der Waals surface area contributed by atoms with Crippen LogP contribution in [-0.4, -0.2) is 17.4 Å². The zero-order valence-corrected chi connectivity index (χ0v) is 12.9. The summed E-state index contributed by atoms with van der Waals surface area (Å²) in [7, 11) is 0. The summed E-state index contributed by atoms with van der Waals surface area (Å²) in [4.78, 5) is 0. The van der Waals surface area contributed by atoms with Crippen LogP contribution in [0, 0.1) is 17.7 Å². The predicted molar refractivity (Wildman–Crippen MR) is 75.3 cm³/mol. The first-order chi connectivity index (χ1) is 9.79. The van der Waals surface area contributed by atoms with Crippen molar-refractivity contribution in [1.29, 1.82) is 0 Å². The molecule has 0 saturated heterocycles. The van der Waals surface area contributed by atoms with Gasteiger partial charge in [-0.1, -0.05) is 18.6 Å². The van der Waals surface area contributed by atoms with Crippen LogP contribution in [0.15, 0.2) is 22.7 Å². The van der Waals surface area contributed by atoms with Crippen LogP contribution in [0.4, 0.5) is 17.6 Å². The van der Waals surface area contributed by atoms with Crippen LogP contribution in [0.2, 0.25) is 0 Å². The molecule has 0 amide bonds. The summed E-state index contributed by atoms with van der Waals surface area (Å²) >= 11 is 3.11. The van der Waals surface area contributed by atoms with Crippen molar-refractivity contribution in [1.82, 2.24) is 0 Å². The molecule has 0 aromatic heterocycles. The molecule has 0 aliphatic heterocycles. The number of hydrogen-bond donors (Lipinski definition) is 1. The molecule has 1 aromatic carbocycles. The highest BCUT2D eigenvalue weighted by molar-refractivity contribution is 9.10. The fourth-order valence-electron chi connectivity index (χ4n) is 2.97. The number of benzene rings is 1. The van der Waals surface area contributed by atoms with Crippen LogP contribution in [0.3, 0.4) is 0 Å². The summed E-state index contributed by atoms with van der Waals surface area (Å²) in [5.41, 5.74) is 0.580. The van der Waals surface area contributed by atoms with E-state index in [-0.39, 0.29) is 29.7 Å². The molecular weight excluding hydrogens is 352 g/mol. The molecule has 3 atom stereocenters. The lowest BCUT2D eigenvalue weighted by molar-refractivity contribution is -0.188. The number of aliphatic hydroxyl groups excluding tert-OH is 1. The molecule has 1 saturated carbocycles. The van der Waals surface area contributed by atoms with Gasteiger partial charge in [0.2, 0.25) is 0 Å². The molecule has 0 radical (unpaired) electrons. The van der Waals surface area contributed by atoms with Gasteiger partial charge < -0.3 is 5.11 Å². The fourth-order valence-corrected chi connectivity index (χ4v) is 3.40. The van der Waals surface area contributed by atoms with Gasteiger partial charge in [-0.25, -0.2) is 4.39 Å². The number of halogens is 5. The van der Waals surface area contributed by atoms with Gasteiger partial charge in [-0.2, -0.15) is 13.2 Å². The largest absolute Gasteiger partial charge is 0.392 e. The van der Waals surface area contributed by atoms with E-state index in [1.165, 1.54) is 12.1 Å². The summed E-state index contributed by atoms with van der Waals surface area (Å²) in [6, 6.07) is 4.49. The van der Waals surface area contributed by atoms with E-state index in [0.29, 0.717) is 18.4 Å². The Morgan fingerprint density at radius 3 is 2.67 bits per heavy atom. The number of alkyl halides is 3. The standard InChI is InChI=1S/C15H17BrF4O/c16-14-10(4-2-6-12(14)17)8-13(21)9-3-1-5-11(7-9)15(18,19)20/h2,4,6,9,11,13,21H,1,3,5,7-8H2. The Bertz CT molecular complexity index is 489. The van der Waals surface area contributed by atoms with Gasteiger partial charge >= 0.3 is 6.18 Å². The highest BCUT2D eigenvalue weighted by Crippen LogP contribution is 2.41. The molecule has 6 heteroatoms. The van der Waals surface area contributed by atoms with Crippen LogP contribution in [0.1, 0.15) is 31.2 Å². The maximum absolute atomic E-state index is 13.4. The van der Waals surface area contributed by atoms with Crippen molar-refractivity contribution in [2.45, 2.75) is 44.4 Å². The molecule has 1 fully saturated rings. The van der Waals surface area contributed by atoms with E-state index >= 15 is 0 Å². The van der Waals surface area contributed by atoms with Gasteiger partial charge in [-0.05, 0) is 59.2 Å². The average molecular weight is 369 g/mol. The summed E-state index contributed by atoms with van der Waals surface area (Å²) in [5, 5.41) is 10.2. The third-order valence-corrected chi connectivity index (χ3v) is 5.07. The van der Waals surface area contributed by atoms with Gasteiger partial charge in [-0.3, -0.25) is 0 Å². The third-order valence-electron chi connectivity index (χ3n) is 4.18. The van der Waals surface area contributed by atoms with Gasteiger partial charge in [0.1, 0.15) is 5.82 Å². The SMILES string of the molecule is OC(Cc1cccc(F)c1Br)C1CCCC(C(F)(F)F)C1. The van der Waals surface area contributed by atoms with E-state index in [1.54, 1.807) is 6.07 Å². The van der Waals surface area contributed by atoms with Crippen molar-refractivity contribution in [3.05, 3.63) is 34.1 Å². The Balaban J connectivity index is 2.03. The quantitative estimate of drug-likeness (QED) is 0.755. The lowest BCUT2D eigenvalue weighted by Gasteiger charge is -2.33. The van der Waals surface area contributed by atoms with Crippen LogP contribution < -0.4 is 0 Å². The van der Waals surface area contributed by atoms with E-state index in [1.807, 2.05) is 0 Å². The maximum atomic E-state index is 13.4. The topological polar surface area (TPSA) is 20.2 Å². The lowest BCUT2D eigenvalue weighted by atomic mass is 9.77. The summed E-state index contributed by atoms with van der Waals surface area (Å²) < 4.78 is 52.0. The minimum Gasteiger partial charge on any atom is -0.392 e. The van der Waals surface area contributed by atoms with Crippen molar-refractivity contribution in [2.24, 2.45) is 11.8 Å². The normalized spacial score (nSPS) is 24.9. The molecule has 21 heavy (non-hydrogen) atoms. The van der Waals surface area contributed by atoms with Crippen molar-refractivity contribution in [3.63, 3.8) is 0 Å². The van der Waals surface area contributed by atoms with Crippen molar-refractivity contribution < 1.29 is 22.7 Å². The van der Waals surface area contributed by atoms with Crippen LogP contribution in [0.5, 0.6) is 0 Å². The second kappa shape index (κ2) is 6.65. The summed E-state index contributed by atoms with van der Waals surface area (Å²) in [5.74, 6) is -2.15. The van der Waals surface area contributed by atoms with Crippen molar-refractivity contribution in [2.75, 3.05) is 0 Å². The molecular formula is C15H17BrF4O. The number of hydrogen-bond acceptors (Lipinski definition) is 1.